The zero-order valence-electron chi connectivity index (χ0n) is 11.5. The molecule has 1 heterocycles. The number of hydrogen-bond donors (Lipinski definition) is 2. The number of nitrogens with zero attached hydrogens (tertiary/aromatic N) is 1. The van der Waals surface area contributed by atoms with Crippen LogP contribution < -0.4 is 5.32 Å². The van der Waals surface area contributed by atoms with Crippen LogP contribution in [0.1, 0.15) is 45.4 Å². The molecule has 0 aromatic rings. The smallest absolute Gasteiger partial charge is 0.230 e. The summed E-state index contributed by atoms with van der Waals surface area (Å²) in [6.07, 6.45) is 6.85. The van der Waals surface area contributed by atoms with Gasteiger partial charge in [0, 0.05) is 19.1 Å². The summed E-state index contributed by atoms with van der Waals surface area (Å²) in [5.41, 5.74) is -0.257. The number of nitrogens with one attached hydrogen (secondary N) is 1. The normalized spacial score (nSPS) is 29.4. The number of carbonyl (C=O) groups excluding carboxylic acids is 1. The lowest BCUT2D eigenvalue weighted by Crippen LogP contribution is -2.50. The van der Waals surface area contributed by atoms with E-state index in [2.05, 4.69) is 12.2 Å². The first-order chi connectivity index (χ1) is 8.67. The maximum atomic E-state index is 12.7. The zero-order valence-corrected chi connectivity index (χ0v) is 11.5. The van der Waals surface area contributed by atoms with Gasteiger partial charge < -0.3 is 15.3 Å². The Labute approximate surface area is 110 Å². The van der Waals surface area contributed by atoms with Gasteiger partial charge in [-0.25, -0.2) is 0 Å². The molecule has 1 unspecified atom stereocenters. The molecule has 1 saturated carbocycles. The summed E-state index contributed by atoms with van der Waals surface area (Å²) >= 11 is 0. The number of amides is 1. The van der Waals surface area contributed by atoms with Gasteiger partial charge in [0.25, 0.3) is 0 Å². The Kier molecular flexibility index (Phi) is 4.62. The van der Waals surface area contributed by atoms with Crippen molar-refractivity contribution < 1.29 is 9.90 Å². The summed E-state index contributed by atoms with van der Waals surface area (Å²) in [6, 6.07) is 0.357. The first-order valence-electron chi connectivity index (χ1n) is 7.30. The van der Waals surface area contributed by atoms with Crippen molar-refractivity contribution in [3.8, 4) is 0 Å². The molecule has 104 valence electrons. The highest BCUT2D eigenvalue weighted by Gasteiger charge is 2.41. The molecule has 4 heteroatoms. The van der Waals surface area contributed by atoms with E-state index in [4.69, 9.17) is 0 Å². The van der Waals surface area contributed by atoms with E-state index in [1.807, 2.05) is 4.90 Å². The van der Waals surface area contributed by atoms with Crippen LogP contribution in [0.25, 0.3) is 0 Å². The fraction of sp³-hybridized carbons (Fsp3) is 0.929. The molecule has 1 aliphatic carbocycles. The average molecular weight is 254 g/mol. The maximum absolute atomic E-state index is 12.7. The molecular formula is C14H26N2O2. The lowest BCUT2D eigenvalue weighted by Gasteiger charge is -2.38. The largest absolute Gasteiger partial charge is 0.395 e. The van der Waals surface area contributed by atoms with Crippen molar-refractivity contribution in [2.24, 2.45) is 5.41 Å². The number of carbonyl (C=O) groups is 1. The Morgan fingerprint density at radius 1 is 1.39 bits per heavy atom. The van der Waals surface area contributed by atoms with Gasteiger partial charge >= 0.3 is 0 Å². The molecule has 2 fully saturated rings. The Balaban J connectivity index is 2.05. The quantitative estimate of drug-likeness (QED) is 0.791. The molecule has 0 radical (unpaired) electrons. The summed E-state index contributed by atoms with van der Waals surface area (Å²) in [7, 11) is 0. The van der Waals surface area contributed by atoms with Gasteiger partial charge in [0.2, 0.25) is 5.91 Å². The SMILES string of the molecule is CC1(C(=O)N(CCO)C2CCCCC2)CCNC1. The highest BCUT2D eigenvalue weighted by atomic mass is 16.3. The van der Waals surface area contributed by atoms with Crippen molar-refractivity contribution in [2.45, 2.75) is 51.5 Å². The van der Waals surface area contributed by atoms with Crippen LogP contribution in [0.5, 0.6) is 0 Å². The molecule has 4 nitrogen and oxygen atoms in total. The van der Waals surface area contributed by atoms with Gasteiger partial charge in [-0.05, 0) is 32.7 Å². The maximum Gasteiger partial charge on any atom is 0.230 e. The van der Waals surface area contributed by atoms with Gasteiger partial charge in [-0.2, -0.15) is 0 Å². The topological polar surface area (TPSA) is 52.6 Å². The molecule has 1 atom stereocenters. The second-order valence-electron chi connectivity index (χ2n) is 6.00. The second kappa shape index (κ2) is 6.02. The third-order valence-electron chi connectivity index (χ3n) is 4.50. The Morgan fingerprint density at radius 3 is 2.67 bits per heavy atom. The van der Waals surface area contributed by atoms with Crippen LogP contribution in [0.3, 0.4) is 0 Å². The van der Waals surface area contributed by atoms with Crippen molar-refractivity contribution in [1.82, 2.24) is 10.2 Å². The molecule has 2 N–H and O–H groups in total. The van der Waals surface area contributed by atoms with Crippen LogP contribution in [-0.4, -0.2) is 48.2 Å². The first kappa shape index (κ1) is 13.8. The van der Waals surface area contributed by atoms with Crippen LogP contribution >= 0.6 is 0 Å². The van der Waals surface area contributed by atoms with Crippen molar-refractivity contribution in [3.05, 3.63) is 0 Å². The molecule has 0 aromatic carbocycles. The molecule has 0 aromatic heterocycles. The fourth-order valence-electron chi connectivity index (χ4n) is 3.30. The van der Waals surface area contributed by atoms with Crippen LogP contribution in [0.4, 0.5) is 0 Å². The minimum absolute atomic E-state index is 0.0751. The lowest BCUT2D eigenvalue weighted by atomic mass is 9.85. The van der Waals surface area contributed by atoms with Gasteiger partial charge in [0.1, 0.15) is 0 Å². The Bertz CT molecular complexity index is 282. The van der Waals surface area contributed by atoms with Gasteiger partial charge in [0.15, 0.2) is 0 Å². The average Bonchev–Trinajstić information content (AvgIpc) is 2.84. The molecule has 2 rings (SSSR count). The third-order valence-corrected chi connectivity index (χ3v) is 4.50. The number of hydrogen-bond acceptors (Lipinski definition) is 3. The second-order valence-corrected chi connectivity index (χ2v) is 6.00. The van der Waals surface area contributed by atoms with E-state index < -0.39 is 0 Å². The molecule has 1 saturated heterocycles. The molecule has 0 spiro atoms. The fourth-order valence-corrected chi connectivity index (χ4v) is 3.30. The van der Waals surface area contributed by atoms with Crippen LogP contribution in [0.2, 0.25) is 0 Å². The zero-order chi connectivity index (χ0) is 13.0. The van der Waals surface area contributed by atoms with Crippen molar-refractivity contribution in [3.63, 3.8) is 0 Å². The standard InChI is InChI=1S/C14H26N2O2/c1-14(7-8-15-11-14)13(18)16(9-10-17)12-5-3-2-4-6-12/h12,15,17H,2-11H2,1H3. The van der Waals surface area contributed by atoms with E-state index in [0.29, 0.717) is 12.6 Å². The van der Waals surface area contributed by atoms with E-state index in [9.17, 15) is 9.90 Å². The van der Waals surface area contributed by atoms with E-state index in [-0.39, 0.29) is 17.9 Å². The van der Waals surface area contributed by atoms with Crippen molar-refractivity contribution >= 4 is 5.91 Å². The number of aliphatic hydroxyl groups is 1. The summed E-state index contributed by atoms with van der Waals surface area (Å²) in [5.74, 6) is 0.244. The van der Waals surface area contributed by atoms with Crippen LogP contribution in [0, 0.1) is 5.41 Å². The molecule has 1 aliphatic heterocycles. The summed E-state index contributed by atoms with van der Waals surface area (Å²) in [5, 5.41) is 12.5. The highest BCUT2D eigenvalue weighted by molar-refractivity contribution is 5.83. The van der Waals surface area contributed by atoms with E-state index in [1.54, 1.807) is 0 Å². The van der Waals surface area contributed by atoms with Crippen molar-refractivity contribution in [2.75, 3.05) is 26.2 Å². The summed E-state index contributed by atoms with van der Waals surface area (Å²) < 4.78 is 0. The Morgan fingerprint density at radius 2 is 2.11 bits per heavy atom. The molecular weight excluding hydrogens is 228 g/mol. The van der Waals surface area contributed by atoms with E-state index in [1.165, 1.54) is 19.3 Å². The predicted molar refractivity (Wildman–Crippen MR) is 71.3 cm³/mol. The summed E-state index contributed by atoms with van der Waals surface area (Å²) in [4.78, 5) is 14.7. The minimum Gasteiger partial charge on any atom is -0.395 e. The van der Waals surface area contributed by atoms with Gasteiger partial charge in [-0.3, -0.25) is 4.79 Å². The predicted octanol–water partition coefficient (Wildman–Crippen LogP) is 1.14. The molecule has 0 bridgehead atoms. The lowest BCUT2D eigenvalue weighted by molar-refractivity contribution is -0.144. The number of rotatable bonds is 4. The minimum atomic E-state index is -0.257. The highest BCUT2D eigenvalue weighted by Crippen LogP contribution is 2.31. The van der Waals surface area contributed by atoms with Crippen LogP contribution in [0.15, 0.2) is 0 Å². The monoisotopic (exact) mass is 254 g/mol. The molecule has 18 heavy (non-hydrogen) atoms. The summed E-state index contributed by atoms with van der Waals surface area (Å²) in [6.45, 7) is 4.34. The molecule has 1 amide bonds. The van der Waals surface area contributed by atoms with E-state index >= 15 is 0 Å². The molecule has 2 aliphatic rings. The van der Waals surface area contributed by atoms with Gasteiger partial charge in [-0.15, -0.1) is 0 Å². The Hall–Kier alpha value is -0.610. The number of aliphatic hydroxyl groups excluding tert-OH is 1. The van der Waals surface area contributed by atoms with Crippen LogP contribution in [-0.2, 0) is 4.79 Å². The van der Waals surface area contributed by atoms with Crippen molar-refractivity contribution in [1.29, 1.82) is 0 Å². The first-order valence-corrected chi connectivity index (χ1v) is 7.30. The third kappa shape index (κ3) is 2.86. The van der Waals surface area contributed by atoms with E-state index in [0.717, 1.165) is 32.4 Å². The van der Waals surface area contributed by atoms with Gasteiger partial charge in [0.05, 0.1) is 12.0 Å². The van der Waals surface area contributed by atoms with Gasteiger partial charge in [-0.1, -0.05) is 19.3 Å².